The Bertz CT molecular complexity index is 763. The van der Waals surface area contributed by atoms with Crippen LogP contribution in [0.1, 0.15) is 42.6 Å². The van der Waals surface area contributed by atoms with Gasteiger partial charge in [-0.2, -0.15) is 27.8 Å². The van der Waals surface area contributed by atoms with Crippen molar-refractivity contribution in [3.05, 3.63) is 35.2 Å². The van der Waals surface area contributed by atoms with Crippen molar-refractivity contribution >= 4 is 12.2 Å². The summed E-state index contributed by atoms with van der Waals surface area (Å²) in [5.41, 5.74) is 1.74. The zero-order valence-electron chi connectivity index (χ0n) is 12.7. The van der Waals surface area contributed by atoms with E-state index >= 15 is 0 Å². The van der Waals surface area contributed by atoms with Gasteiger partial charge in [-0.15, -0.1) is 0 Å². The van der Waals surface area contributed by atoms with Crippen LogP contribution < -0.4 is 5.43 Å². The summed E-state index contributed by atoms with van der Waals surface area (Å²) in [6, 6.07) is 0.956. The number of hydrazone groups is 1. The Morgan fingerprint density at radius 3 is 2.71 bits per heavy atom. The molecule has 1 fully saturated rings. The van der Waals surface area contributed by atoms with Crippen molar-refractivity contribution in [1.82, 2.24) is 19.7 Å². The normalized spacial score (nSPS) is 15.2. The Morgan fingerprint density at radius 1 is 1.38 bits per heavy atom. The highest BCUT2D eigenvalue weighted by atomic mass is 19.4. The van der Waals surface area contributed by atoms with Crippen LogP contribution in [0.2, 0.25) is 0 Å². The molecule has 0 amide bonds. The molecule has 3 rings (SSSR count). The van der Waals surface area contributed by atoms with Gasteiger partial charge in [-0.25, -0.2) is 20.1 Å². The molecule has 0 saturated heterocycles. The number of aryl methyl sites for hydroxylation is 1. The maximum Gasteiger partial charge on any atom is 0.433 e. The van der Waals surface area contributed by atoms with Gasteiger partial charge in [0.2, 0.25) is 11.9 Å². The monoisotopic (exact) mass is 342 g/mol. The zero-order chi connectivity index (χ0) is 17.3. The molecule has 0 radical (unpaired) electrons. The lowest BCUT2D eigenvalue weighted by Gasteiger charge is -2.09. The highest BCUT2D eigenvalue weighted by Crippen LogP contribution is 2.41. The van der Waals surface area contributed by atoms with E-state index in [-0.39, 0.29) is 17.4 Å². The molecule has 2 aromatic heterocycles. The van der Waals surface area contributed by atoms with Gasteiger partial charge in [0.05, 0.1) is 18.0 Å². The van der Waals surface area contributed by atoms with Crippen LogP contribution in [-0.4, -0.2) is 26.0 Å². The summed E-state index contributed by atoms with van der Waals surface area (Å²) in [5.74, 6) is -0.822. The van der Waals surface area contributed by atoms with Crippen molar-refractivity contribution in [1.29, 1.82) is 0 Å². The average Bonchev–Trinajstić information content (AvgIpc) is 3.32. The van der Waals surface area contributed by atoms with Gasteiger partial charge < -0.3 is 0 Å². The first kappa shape index (κ1) is 16.3. The van der Waals surface area contributed by atoms with Gasteiger partial charge in [0.1, 0.15) is 5.69 Å². The van der Waals surface area contributed by atoms with Crippen molar-refractivity contribution < 1.29 is 17.6 Å². The summed E-state index contributed by atoms with van der Waals surface area (Å²) in [6.45, 7) is 2.08. The van der Waals surface area contributed by atoms with E-state index in [9.17, 15) is 17.6 Å². The van der Waals surface area contributed by atoms with E-state index < -0.39 is 17.8 Å². The molecule has 0 aliphatic heterocycles. The minimum absolute atomic E-state index is 0.0267. The Labute approximate surface area is 134 Å². The van der Waals surface area contributed by atoms with Crippen molar-refractivity contribution in [2.75, 3.05) is 5.43 Å². The first-order valence-corrected chi connectivity index (χ1v) is 7.35. The third-order valence-corrected chi connectivity index (χ3v) is 3.50. The minimum Gasteiger partial charge on any atom is -0.245 e. The predicted octanol–water partition coefficient (Wildman–Crippen LogP) is 3.17. The van der Waals surface area contributed by atoms with E-state index in [0.717, 1.165) is 29.8 Å². The summed E-state index contributed by atoms with van der Waals surface area (Å²) >= 11 is 0. The topological polar surface area (TPSA) is 68.0 Å². The minimum atomic E-state index is -4.57. The molecule has 10 heteroatoms. The van der Waals surface area contributed by atoms with Gasteiger partial charge in [0.25, 0.3) is 0 Å². The van der Waals surface area contributed by atoms with E-state index in [1.54, 1.807) is 6.92 Å². The number of anilines is 1. The lowest BCUT2D eigenvalue weighted by Crippen LogP contribution is -2.12. The zero-order valence-corrected chi connectivity index (χ0v) is 12.7. The molecule has 1 aliphatic carbocycles. The highest BCUT2D eigenvalue weighted by Gasteiger charge is 2.36. The highest BCUT2D eigenvalue weighted by molar-refractivity contribution is 5.79. The van der Waals surface area contributed by atoms with Gasteiger partial charge in [0.15, 0.2) is 0 Å². The van der Waals surface area contributed by atoms with Crippen LogP contribution in [0.3, 0.4) is 0 Å². The largest absolute Gasteiger partial charge is 0.433 e. The van der Waals surface area contributed by atoms with Gasteiger partial charge in [0, 0.05) is 18.2 Å². The lowest BCUT2D eigenvalue weighted by molar-refractivity contribution is -0.141. The van der Waals surface area contributed by atoms with Gasteiger partial charge in [-0.1, -0.05) is 0 Å². The third-order valence-electron chi connectivity index (χ3n) is 3.50. The number of aromatic nitrogens is 4. The molecule has 2 aromatic rings. The molecule has 0 aromatic carbocycles. The molecule has 6 nitrogen and oxygen atoms in total. The van der Waals surface area contributed by atoms with Crippen molar-refractivity contribution in [3.63, 3.8) is 0 Å². The Morgan fingerprint density at radius 2 is 2.12 bits per heavy atom. The maximum absolute atomic E-state index is 13.8. The second-order valence-corrected chi connectivity index (χ2v) is 5.35. The van der Waals surface area contributed by atoms with E-state index in [4.69, 9.17) is 0 Å². The standard InChI is InChI=1S/C14H14F4N6/c1-2-24-12(15)9(7-20-24)6-19-23-13-21-10(8-3-4-8)5-11(22-13)14(16,17)18/h5-8H,2-4H2,1H3,(H,21,22,23). The van der Waals surface area contributed by atoms with E-state index in [1.807, 2.05) is 0 Å². The molecule has 1 aliphatic rings. The molecule has 1 saturated carbocycles. The maximum atomic E-state index is 13.8. The molecule has 0 spiro atoms. The van der Waals surface area contributed by atoms with Crippen molar-refractivity contribution in [2.24, 2.45) is 5.10 Å². The summed E-state index contributed by atoms with van der Waals surface area (Å²) in [4.78, 5) is 7.45. The van der Waals surface area contributed by atoms with Crippen LogP contribution in [0.4, 0.5) is 23.5 Å². The molecule has 1 N–H and O–H groups in total. The summed E-state index contributed by atoms with van der Waals surface area (Å²) < 4.78 is 53.6. The van der Waals surface area contributed by atoms with E-state index in [2.05, 4.69) is 25.6 Å². The molecule has 24 heavy (non-hydrogen) atoms. The molecule has 128 valence electrons. The fourth-order valence-corrected chi connectivity index (χ4v) is 2.10. The molecule has 2 heterocycles. The van der Waals surface area contributed by atoms with E-state index in [0.29, 0.717) is 12.2 Å². The molecular formula is C14H14F4N6. The van der Waals surface area contributed by atoms with Crippen LogP contribution in [0.25, 0.3) is 0 Å². The van der Waals surface area contributed by atoms with Gasteiger partial charge in [-0.05, 0) is 25.8 Å². The fraction of sp³-hybridized carbons (Fsp3) is 0.429. The molecular weight excluding hydrogens is 328 g/mol. The van der Waals surface area contributed by atoms with E-state index in [1.165, 1.54) is 6.20 Å². The number of halogens is 4. The van der Waals surface area contributed by atoms with Gasteiger partial charge >= 0.3 is 6.18 Å². The predicted molar refractivity (Wildman–Crippen MR) is 78.1 cm³/mol. The van der Waals surface area contributed by atoms with Crippen LogP contribution >= 0.6 is 0 Å². The van der Waals surface area contributed by atoms with Crippen LogP contribution in [0.5, 0.6) is 0 Å². The number of rotatable bonds is 5. The number of nitrogens with one attached hydrogen (secondary N) is 1. The smallest absolute Gasteiger partial charge is 0.245 e. The second-order valence-electron chi connectivity index (χ2n) is 5.35. The van der Waals surface area contributed by atoms with Gasteiger partial charge in [-0.3, -0.25) is 0 Å². The first-order valence-electron chi connectivity index (χ1n) is 7.35. The van der Waals surface area contributed by atoms with Crippen molar-refractivity contribution in [3.8, 4) is 0 Å². The van der Waals surface area contributed by atoms with Crippen molar-refractivity contribution in [2.45, 2.75) is 38.4 Å². The molecule has 0 unspecified atom stereocenters. The van der Waals surface area contributed by atoms with Crippen LogP contribution in [-0.2, 0) is 12.7 Å². The second kappa shape index (κ2) is 6.17. The number of nitrogens with zero attached hydrogens (tertiary/aromatic N) is 5. The Hall–Kier alpha value is -2.52. The third kappa shape index (κ3) is 3.52. The lowest BCUT2D eigenvalue weighted by atomic mass is 10.2. The fourth-order valence-electron chi connectivity index (χ4n) is 2.10. The Balaban J connectivity index is 1.80. The number of alkyl halides is 3. The van der Waals surface area contributed by atoms with Crippen LogP contribution in [0.15, 0.2) is 17.4 Å². The Kier molecular flexibility index (Phi) is 4.20. The number of hydrogen-bond donors (Lipinski definition) is 1. The average molecular weight is 342 g/mol. The van der Waals surface area contributed by atoms with Crippen LogP contribution in [0, 0.1) is 5.95 Å². The summed E-state index contributed by atoms with van der Waals surface area (Å²) in [7, 11) is 0. The molecule has 0 bridgehead atoms. The first-order chi connectivity index (χ1) is 11.4. The number of hydrogen-bond acceptors (Lipinski definition) is 5. The summed E-state index contributed by atoms with van der Waals surface area (Å²) in [6.07, 6.45) is -0.570. The SMILES string of the molecule is CCn1ncc(C=NNc2nc(C3CC3)cc(C(F)(F)F)n2)c1F. The molecule has 0 atom stereocenters. The quantitative estimate of drug-likeness (QED) is 0.515. The summed E-state index contributed by atoms with van der Waals surface area (Å²) in [5, 5.41) is 7.50.